The zero-order chi connectivity index (χ0) is 14.7. The lowest BCUT2D eigenvalue weighted by Gasteiger charge is -2.10. The van der Waals surface area contributed by atoms with Gasteiger partial charge in [0.25, 0.3) is 0 Å². The number of hydrogen-bond donors (Lipinski definition) is 1. The molecule has 1 aromatic heterocycles. The van der Waals surface area contributed by atoms with E-state index in [1.165, 1.54) is 4.88 Å². The predicted octanol–water partition coefficient (Wildman–Crippen LogP) is 6.44. The Morgan fingerprint density at radius 1 is 1.15 bits per heavy atom. The van der Waals surface area contributed by atoms with Crippen molar-refractivity contribution >= 4 is 46.1 Å². The molecule has 1 atom stereocenters. The fourth-order valence-electron chi connectivity index (χ4n) is 1.96. The fraction of sp³-hybridized carbons (Fsp3) is 0.333. The predicted molar refractivity (Wildman–Crippen MR) is 91.5 cm³/mol. The number of thiophene rings is 1. The number of halogens is 3. The van der Waals surface area contributed by atoms with E-state index < -0.39 is 0 Å². The Balaban J connectivity index is 2.29. The summed E-state index contributed by atoms with van der Waals surface area (Å²) in [5, 5.41) is 5.21. The van der Waals surface area contributed by atoms with E-state index in [-0.39, 0.29) is 0 Å². The van der Waals surface area contributed by atoms with Gasteiger partial charge in [0.2, 0.25) is 0 Å². The van der Waals surface area contributed by atoms with Crippen LogP contribution in [-0.4, -0.2) is 6.54 Å². The van der Waals surface area contributed by atoms with Crippen molar-refractivity contribution in [2.75, 3.05) is 6.54 Å². The van der Waals surface area contributed by atoms with Crippen LogP contribution in [0, 0.1) is 0 Å². The van der Waals surface area contributed by atoms with Gasteiger partial charge < -0.3 is 5.32 Å². The highest BCUT2D eigenvalue weighted by atomic mass is 35.5. The largest absolute Gasteiger partial charge is 0.309 e. The summed E-state index contributed by atoms with van der Waals surface area (Å²) < 4.78 is 0. The summed E-state index contributed by atoms with van der Waals surface area (Å²) in [7, 11) is 0. The van der Waals surface area contributed by atoms with Gasteiger partial charge in [-0.3, -0.25) is 0 Å². The van der Waals surface area contributed by atoms with Crippen molar-refractivity contribution in [1.29, 1.82) is 0 Å². The van der Waals surface area contributed by atoms with Gasteiger partial charge >= 0.3 is 0 Å². The molecule has 2 aromatic rings. The molecule has 0 fully saturated rings. The quantitative estimate of drug-likeness (QED) is 0.656. The molecule has 0 bridgehead atoms. The lowest BCUT2D eigenvalue weighted by Crippen LogP contribution is -2.18. The van der Waals surface area contributed by atoms with E-state index >= 15 is 0 Å². The van der Waals surface area contributed by atoms with E-state index in [1.807, 2.05) is 0 Å². The minimum atomic E-state index is 0.332. The van der Waals surface area contributed by atoms with Gasteiger partial charge in [-0.15, -0.1) is 11.3 Å². The SMILES string of the molecule is CCCNC(C)c1ccc(-c2c(Cl)cc(Cl)cc2Cl)s1. The van der Waals surface area contributed by atoms with E-state index in [2.05, 4.69) is 31.3 Å². The molecule has 2 rings (SSSR count). The van der Waals surface area contributed by atoms with E-state index in [4.69, 9.17) is 34.8 Å². The third kappa shape index (κ3) is 3.69. The van der Waals surface area contributed by atoms with Crippen molar-refractivity contribution in [2.45, 2.75) is 26.3 Å². The molecule has 0 aliphatic rings. The van der Waals surface area contributed by atoms with Crippen LogP contribution in [0.3, 0.4) is 0 Å². The average Bonchev–Trinajstić information content (AvgIpc) is 2.84. The van der Waals surface area contributed by atoms with Crippen LogP contribution in [0.2, 0.25) is 15.1 Å². The van der Waals surface area contributed by atoms with Crippen molar-refractivity contribution in [3.05, 3.63) is 44.2 Å². The smallest absolute Gasteiger partial charge is 0.0522 e. The van der Waals surface area contributed by atoms with Gasteiger partial charge in [-0.1, -0.05) is 41.7 Å². The molecule has 5 heteroatoms. The molecule has 0 radical (unpaired) electrons. The Bertz CT molecular complexity index is 572. The zero-order valence-corrected chi connectivity index (χ0v) is 14.4. The number of rotatable bonds is 5. The summed E-state index contributed by atoms with van der Waals surface area (Å²) in [6.45, 7) is 5.33. The summed E-state index contributed by atoms with van der Waals surface area (Å²) >= 11 is 20.2. The second-order valence-electron chi connectivity index (χ2n) is 4.62. The number of benzene rings is 1. The van der Waals surface area contributed by atoms with Crippen LogP contribution in [0.5, 0.6) is 0 Å². The first-order valence-corrected chi connectivity index (χ1v) is 8.46. The molecule has 0 aliphatic heterocycles. The van der Waals surface area contributed by atoms with Crippen LogP contribution in [-0.2, 0) is 0 Å². The molecular formula is C15H16Cl3NS. The summed E-state index contributed by atoms with van der Waals surface area (Å²) in [4.78, 5) is 2.34. The molecular weight excluding hydrogens is 333 g/mol. The van der Waals surface area contributed by atoms with Crippen LogP contribution < -0.4 is 5.32 Å². The molecule has 1 heterocycles. The van der Waals surface area contributed by atoms with Crippen LogP contribution in [0.25, 0.3) is 10.4 Å². The second kappa shape index (κ2) is 7.15. The van der Waals surface area contributed by atoms with Gasteiger partial charge in [-0.05, 0) is 44.2 Å². The maximum atomic E-state index is 6.26. The Hall–Kier alpha value is -0.250. The van der Waals surface area contributed by atoms with E-state index in [0.29, 0.717) is 21.1 Å². The summed E-state index contributed by atoms with van der Waals surface area (Å²) in [6.07, 6.45) is 1.12. The number of nitrogens with one attached hydrogen (secondary N) is 1. The highest BCUT2D eigenvalue weighted by Gasteiger charge is 2.14. The zero-order valence-electron chi connectivity index (χ0n) is 11.3. The first kappa shape index (κ1) is 16.1. The maximum absolute atomic E-state index is 6.26. The molecule has 0 saturated heterocycles. The number of hydrogen-bond acceptors (Lipinski definition) is 2. The van der Waals surface area contributed by atoms with Crippen molar-refractivity contribution in [3.8, 4) is 10.4 Å². The van der Waals surface area contributed by atoms with Gasteiger partial charge in [0, 0.05) is 26.4 Å². The third-order valence-electron chi connectivity index (χ3n) is 3.01. The highest BCUT2D eigenvalue weighted by Crippen LogP contribution is 2.41. The molecule has 1 aromatic carbocycles. The molecule has 20 heavy (non-hydrogen) atoms. The fourth-order valence-corrected chi connectivity index (χ4v) is 4.20. The topological polar surface area (TPSA) is 12.0 Å². The molecule has 0 spiro atoms. The lowest BCUT2D eigenvalue weighted by atomic mass is 10.2. The van der Waals surface area contributed by atoms with Crippen LogP contribution >= 0.6 is 46.1 Å². The van der Waals surface area contributed by atoms with E-state index in [1.54, 1.807) is 23.5 Å². The molecule has 0 amide bonds. The van der Waals surface area contributed by atoms with E-state index in [0.717, 1.165) is 23.4 Å². The van der Waals surface area contributed by atoms with Gasteiger partial charge in [-0.2, -0.15) is 0 Å². The average molecular weight is 349 g/mol. The first-order valence-electron chi connectivity index (χ1n) is 6.51. The van der Waals surface area contributed by atoms with Crippen molar-refractivity contribution in [3.63, 3.8) is 0 Å². The van der Waals surface area contributed by atoms with Gasteiger partial charge in [0.1, 0.15) is 0 Å². The standard InChI is InChI=1S/C15H16Cl3NS/c1-3-6-19-9(2)13-4-5-14(20-13)15-11(17)7-10(16)8-12(15)18/h4-5,7-9,19H,3,6H2,1-2H3. The van der Waals surface area contributed by atoms with Gasteiger partial charge in [-0.25, -0.2) is 0 Å². The van der Waals surface area contributed by atoms with Crippen LogP contribution in [0.15, 0.2) is 24.3 Å². The molecule has 1 N–H and O–H groups in total. The normalized spacial score (nSPS) is 12.7. The first-order chi connectivity index (χ1) is 9.52. The maximum Gasteiger partial charge on any atom is 0.0522 e. The minimum Gasteiger partial charge on any atom is -0.309 e. The minimum absolute atomic E-state index is 0.332. The van der Waals surface area contributed by atoms with Crippen molar-refractivity contribution < 1.29 is 0 Å². The van der Waals surface area contributed by atoms with Gasteiger partial charge in [0.05, 0.1) is 10.0 Å². The third-order valence-corrected chi connectivity index (χ3v) is 5.11. The van der Waals surface area contributed by atoms with Gasteiger partial charge in [0.15, 0.2) is 0 Å². The Morgan fingerprint density at radius 2 is 1.80 bits per heavy atom. The molecule has 0 saturated carbocycles. The lowest BCUT2D eigenvalue weighted by molar-refractivity contribution is 0.578. The summed E-state index contributed by atoms with van der Waals surface area (Å²) in [6, 6.07) is 7.96. The van der Waals surface area contributed by atoms with Crippen LogP contribution in [0.4, 0.5) is 0 Å². The molecule has 0 aliphatic carbocycles. The van der Waals surface area contributed by atoms with Crippen LogP contribution in [0.1, 0.15) is 31.2 Å². The summed E-state index contributed by atoms with van der Waals surface area (Å²) in [5.41, 5.74) is 0.858. The monoisotopic (exact) mass is 347 g/mol. The Labute approximate surface area is 138 Å². The Kier molecular flexibility index (Phi) is 5.76. The molecule has 108 valence electrons. The van der Waals surface area contributed by atoms with Crippen molar-refractivity contribution in [2.24, 2.45) is 0 Å². The Morgan fingerprint density at radius 3 is 2.40 bits per heavy atom. The highest BCUT2D eigenvalue weighted by molar-refractivity contribution is 7.15. The van der Waals surface area contributed by atoms with E-state index in [9.17, 15) is 0 Å². The second-order valence-corrected chi connectivity index (χ2v) is 6.99. The molecule has 1 unspecified atom stereocenters. The van der Waals surface area contributed by atoms with Crippen molar-refractivity contribution in [1.82, 2.24) is 5.32 Å². The molecule has 1 nitrogen and oxygen atoms in total. The summed E-state index contributed by atoms with van der Waals surface area (Å²) in [5.74, 6) is 0.